The highest BCUT2D eigenvalue weighted by Gasteiger charge is 2.21. The highest BCUT2D eigenvalue weighted by atomic mass is 19.1. The number of hydrogen-bond donors (Lipinski definition) is 1. The van der Waals surface area contributed by atoms with E-state index in [1.54, 1.807) is 39.0 Å². The number of hydrogen-bond acceptors (Lipinski definition) is 2. The van der Waals surface area contributed by atoms with E-state index in [1.807, 2.05) is 0 Å². The summed E-state index contributed by atoms with van der Waals surface area (Å²) in [7, 11) is 0. The number of carboxylic acids is 1. The molecule has 110 valence electrons. The second-order valence-electron chi connectivity index (χ2n) is 5.00. The van der Waals surface area contributed by atoms with Crippen molar-refractivity contribution in [3.8, 4) is 0 Å². The highest BCUT2D eigenvalue weighted by molar-refractivity contribution is 5.90. The van der Waals surface area contributed by atoms with E-state index < -0.39 is 17.8 Å². The van der Waals surface area contributed by atoms with Gasteiger partial charge in [0, 0.05) is 17.3 Å². The molecular weight excluding hydrogens is 273 g/mol. The Bertz CT molecular complexity index is 765. The first-order valence-electron chi connectivity index (χ1n) is 6.55. The molecule has 0 saturated heterocycles. The van der Waals surface area contributed by atoms with Crippen LogP contribution in [0.5, 0.6) is 0 Å². The Morgan fingerprint density at radius 3 is 2.48 bits per heavy atom. The molecule has 2 aromatic rings. The first-order valence-corrected chi connectivity index (χ1v) is 6.55. The Hall–Kier alpha value is -2.43. The van der Waals surface area contributed by atoms with Crippen molar-refractivity contribution in [1.29, 1.82) is 0 Å². The van der Waals surface area contributed by atoms with Gasteiger partial charge in [0.05, 0.1) is 11.6 Å². The summed E-state index contributed by atoms with van der Waals surface area (Å²) in [6.45, 7) is 4.82. The molecule has 1 atom stereocenters. The summed E-state index contributed by atoms with van der Waals surface area (Å²) in [5.74, 6) is -1.52. The van der Waals surface area contributed by atoms with Crippen molar-refractivity contribution in [2.24, 2.45) is 0 Å². The van der Waals surface area contributed by atoms with Gasteiger partial charge >= 0.3 is 5.97 Å². The van der Waals surface area contributed by atoms with Gasteiger partial charge < -0.3 is 9.67 Å². The van der Waals surface area contributed by atoms with Crippen molar-refractivity contribution >= 4 is 5.97 Å². The summed E-state index contributed by atoms with van der Waals surface area (Å²) in [5.41, 5.74) is 0.816. The van der Waals surface area contributed by atoms with Crippen molar-refractivity contribution in [2.75, 3.05) is 0 Å². The zero-order valence-corrected chi connectivity index (χ0v) is 12.1. The molecule has 0 aliphatic heterocycles. The number of rotatable bonds is 3. The number of carbonyl (C=O) groups is 1. The number of carboxylic acid groups (broad SMARTS) is 1. The lowest BCUT2D eigenvalue weighted by molar-refractivity contribution is 0.0694. The van der Waals surface area contributed by atoms with Crippen LogP contribution in [0.15, 0.2) is 35.1 Å². The third-order valence-electron chi connectivity index (χ3n) is 3.65. The number of pyridine rings is 1. The lowest BCUT2D eigenvalue weighted by Crippen LogP contribution is -2.29. The fourth-order valence-electron chi connectivity index (χ4n) is 2.66. The zero-order chi connectivity index (χ0) is 15.7. The maximum atomic E-state index is 13.9. The van der Waals surface area contributed by atoms with Crippen LogP contribution in [0.25, 0.3) is 0 Å². The molecule has 0 saturated carbocycles. The largest absolute Gasteiger partial charge is 0.478 e. The molecule has 1 unspecified atom stereocenters. The number of aromatic carboxylic acids is 1. The van der Waals surface area contributed by atoms with Gasteiger partial charge in [-0.05, 0) is 32.4 Å². The van der Waals surface area contributed by atoms with Crippen LogP contribution in [0.3, 0.4) is 0 Å². The van der Waals surface area contributed by atoms with E-state index in [1.165, 1.54) is 16.7 Å². The van der Waals surface area contributed by atoms with Crippen LogP contribution in [0.1, 0.15) is 40.1 Å². The van der Waals surface area contributed by atoms with Gasteiger partial charge in [-0.15, -0.1) is 0 Å². The molecule has 0 bridgehead atoms. The van der Waals surface area contributed by atoms with Crippen LogP contribution in [0.4, 0.5) is 4.39 Å². The quantitative estimate of drug-likeness (QED) is 0.945. The number of nitrogens with zero attached hydrogens (tertiary/aromatic N) is 1. The molecule has 4 nitrogen and oxygen atoms in total. The van der Waals surface area contributed by atoms with Gasteiger partial charge in [-0.3, -0.25) is 4.79 Å². The third-order valence-corrected chi connectivity index (χ3v) is 3.65. The van der Waals surface area contributed by atoms with Gasteiger partial charge in [0.15, 0.2) is 0 Å². The second-order valence-corrected chi connectivity index (χ2v) is 5.00. The molecule has 0 fully saturated rings. The SMILES string of the molecule is Cc1cc(=O)n(C(C)c2ccccc2F)c(C)c1C(=O)O. The number of halogens is 1. The Kier molecular flexibility index (Phi) is 3.93. The van der Waals surface area contributed by atoms with Crippen molar-refractivity contribution in [1.82, 2.24) is 4.57 Å². The fraction of sp³-hybridized carbons (Fsp3) is 0.250. The van der Waals surface area contributed by atoms with Gasteiger partial charge in [-0.25, -0.2) is 9.18 Å². The summed E-state index contributed by atoms with van der Waals surface area (Å²) < 4.78 is 15.2. The molecule has 1 aromatic heterocycles. The van der Waals surface area contributed by atoms with E-state index >= 15 is 0 Å². The predicted molar refractivity (Wildman–Crippen MR) is 77.3 cm³/mol. The molecule has 0 spiro atoms. The molecule has 0 aliphatic carbocycles. The molecule has 0 aliphatic rings. The van der Waals surface area contributed by atoms with E-state index in [4.69, 9.17) is 0 Å². The number of aryl methyl sites for hydroxylation is 1. The maximum Gasteiger partial charge on any atom is 0.337 e. The van der Waals surface area contributed by atoms with Crippen LogP contribution in [0.2, 0.25) is 0 Å². The minimum atomic E-state index is -1.10. The molecule has 1 N–H and O–H groups in total. The van der Waals surface area contributed by atoms with Gasteiger partial charge in [-0.2, -0.15) is 0 Å². The predicted octanol–water partition coefficient (Wildman–Crippen LogP) is 2.91. The maximum absolute atomic E-state index is 13.9. The molecular formula is C16H16FNO3. The highest BCUT2D eigenvalue weighted by Crippen LogP contribution is 2.23. The summed E-state index contributed by atoms with van der Waals surface area (Å²) in [6.07, 6.45) is 0. The standard InChI is InChI=1S/C16H16FNO3/c1-9-8-14(19)18(11(3)15(9)16(20)21)10(2)12-6-4-5-7-13(12)17/h4-8,10H,1-3H3,(H,20,21). The average Bonchev–Trinajstić information content (AvgIpc) is 2.37. The van der Waals surface area contributed by atoms with E-state index in [-0.39, 0.29) is 11.1 Å². The fourth-order valence-corrected chi connectivity index (χ4v) is 2.66. The molecule has 1 heterocycles. The van der Waals surface area contributed by atoms with Crippen LogP contribution in [0, 0.1) is 19.7 Å². The molecule has 2 rings (SSSR count). The molecule has 0 amide bonds. The van der Waals surface area contributed by atoms with Crippen molar-refractivity contribution in [3.63, 3.8) is 0 Å². The molecule has 0 radical (unpaired) electrons. The lowest BCUT2D eigenvalue weighted by Gasteiger charge is -2.21. The average molecular weight is 289 g/mol. The van der Waals surface area contributed by atoms with Gasteiger partial charge in [0.2, 0.25) is 0 Å². The molecule has 21 heavy (non-hydrogen) atoms. The Morgan fingerprint density at radius 2 is 1.90 bits per heavy atom. The second kappa shape index (κ2) is 5.52. The topological polar surface area (TPSA) is 59.3 Å². The van der Waals surface area contributed by atoms with Gasteiger partial charge in [-0.1, -0.05) is 18.2 Å². The molecule has 1 aromatic carbocycles. The van der Waals surface area contributed by atoms with Crippen molar-refractivity contribution < 1.29 is 14.3 Å². The Morgan fingerprint density at radius 1 is 1.29 bits per heavy atom. The van der Waals surface area contributed by atoms with Crippen LogP contribution >= 0.6 is 0 Å². The Labute approximate surface area is 121 Å². The minimum Gasteiger partial charge on any atom is -0.478 e. The number of aromatic nitrogens is 1. The van der Waals surface area contributed by atoms with E-state index in [2.05, 4.69) is 0 Å². The van der Waals surface area contributed by atoms with Crippen LogP contribution in [-0.4, -0.2) is 15.6 Å². The zero-order valence-electron chi connectivity index (χ0n) is 12.1. The normalized spacial score (nSPS) is 12.2. The first kappa shape index (κ1) is 15.0. The van der Waals surface area contributed by atoms with Gasteiger partial charge in [0.25, 0.3) is 5.56 Å². The smallest absolute Gasteiger partial charge is 0.337 e. The third kappa shape index (κ3) is 2.59. The first-order chi connectivity index (χ1) is 9.84. The summed E-state index contributed by atoms with van der Waals surface area (Å²) in [6, 6.07) is 6.84. The van der Waals surface area contributed by atoms with E-state index in [0.29, 0.717) is 16.8 Å². The summed E-state index contributed by atoms with van der Waals surface area (Å²) in [4.78, 5) is 23.6. The number of benzene rings is 1. The lowest BCUT2D eigenvalue weighted by atomic mass is 10.0. The summed E-state index contributed by atoms with van der Waals surface area (Å²) >= 11 is 0. The van der Waals surface area contributed by atoms with E-state index in [0.717, 1.165) is 0 Å². The van der Waals surface area contributed by atoms with Gasteiger partial charge in [0.1, 0.15) is 5.82 Å². The van der Waals surface area contributed by atoms with Crippen molar-refractivity contribution in [3.05, 3.63) is 68.9 Å². The Balaban J connectivity index is 2.70. The van der Waals surface area contributed by atoms with E-state index in [9.17, 15) is 19.1 Å². The van der Waals surface area contributed by atoms with Crippen LogP contribution in [-0.2, 0) is 0 Å². The minimum absolute atomic E-state index is 0.0813. The molecule has 5 heteroatoms. The van der Waals surface area contributed by atoms with Crippen LogP contribution < -0.4 is 5.56 Å². The van der Waals surface area contributed by atoms with Crippen molar-refractivity contribution in [2.45, 2.75) is 26.8 Å². The monoisotopic (exact) mass is 289 g/mol. The summed E-state index contributed by atoms with van der Waals surface area (Å²) in [5, 5.41) is 9.28.